The number of aliphatic hydroxyl groups is 2. The van der Waals surface area contributed by atoms with Gasteiger partial charge in [-0.25, -0.2) is 4.63 Å². The molecule has 0 saturated carbocycles. The van der Waals surface area contributed by atoms with Gasteiger partial charge < -0.3 is 29.5 Å². The number of carbonyl (C=O) groups is 1. The van der Waals surface area contributed by atoms with E-state index in [0.29, 0.717) is 51.9 Å². The predicted molar refractivity (Wildman–Crippen MR) is 174 cm³/mol. The number of halogens is 2. The van der Waals surface area contributed by atoms with Crippen LogP contribution in [0.2, 0.25) is 5.02 Å². The highest BCUT2D eigenvalue weighted by Gasteiger charge is 2.19. The molecule has 0 radical (unpaired) electrons. The van der Waals surface area contributed by atoms with Crippen LogP contribution in [0.15, 0.2) is 81.9 Å². The summed E-state index contributed by atoms with van der Waals surface area (Å²) < 4.78 is 23.7. The fourth-order valence-electron chi connectivity index (χ4n) is 4.58. The minimum absolute atomic E-state index is 0.0650. The molecular weight excluding hydrogens is 682 g/mol. The lowest BCUT2D eigenvalue weighted by Gasteiger charge is -2.18. The molecule has 5 aromatic rings. The van der Waals surface area contributed by atoms with Crippen molar-refractivity contribution in [2.75, 3.05) is 19.8 Å². The van der Waals surface area contributed by atoms with Crippen LogP contribution in [-0.4, -0.2) is 57.5 Å². The topological polar surface area (TPSA) is 156 Å². The Hall–Kier alpha value is -4.20. The zero-order valence-corrected chi connectivity index (χ0v) is 26.8. The molecule has 1 atom stereocenters. The molecule has 5 rings (SSSR count). The minimum atomic E-state index is -1.18. The molecule has 4 aromatic carbocycles. The molecule has 0 aliphatic rings. The lowest BCUT2D eigenvalue weighted by Crippen LogP contribution is -2.39. The van der Waals surface area contributed by atoms with Gasteiger partial charge in [0.25, 0.3) is 0 Å². The van der Waals surface area contributed by atoms with Gasteiger partial charge in [0, 0.05) is 41.2 Å². The number of hydrogen-bond donors (Lipinski definition) is 4. The molecule has 240 valence electrons. The number of aromatic nitrogens is 2. The van der Waals surface area contributed by atoms with E-state index in [-0.39, 0.29) is 26.4 Å². The Kier molecular flexibility index (Phi) is 11.4. The van der Waals surface area contributed by atoms with Gasteiger partial charge in [-0.05, 0) is 73.3 Å². The third-order valence-electron chi connectivity index (χ3n) is 7.03. The zero-order valence-electron chi connectivity index (χ0n) is 24.5. The molecule has 4 N–H and O–H groups in total. The number of benzene rings is 4. The van der Waals surface area contributed by atoms with Crippen molar-refractivity contribution in [1.82, 2.24) is 15.6 Å². The largest absolute Gasteiger partial charge is 0.493 e. The molecule has 0 fully saturated rings. The van der Waals surface area contributed by atoms with Gasteiger partial charge in [-0.2, -0.15) is 0 Å². The first kappa shape index (κ1) is 33.2. The highest BCUT2D eigenvalue weighted by molar-refractivity contribution is 9.10. The Bertz CT molecular complexity index is 1800. The van der Waals surface area contributed by atoms with Crippen molar-refractivity contribution >= 4 is 44.5 Å². The lowest BCUT2D eigenvalue weighted by molar-refractivity contribution is -0.140. The van der Waals surface area contributed by atoms with E-state index in [4.69, 9.17) is 35.5 Å². The van der Waals surface area contributed by atoms with E-state index < -0.39 is 18.6 Å². The number of hydrogen-bond acceptors (Lipinski definition) is 10. The fraction of sp³-hybridized carbons (Fsp3) is 0.242. The standard InChI is InChI=1S/C33H31BrClN3O8/c34-32-22(5-2-7-25(32)21-4-1-6-24(13-21)43-11-3-10-39)19-45-31-15-30(23(14-26(31)35)16-36-29(17-40)33(41)42)44-18-20-8-9-27-28(12-20)38-46-37-27/h1-2,4-9,12-15,29,36,39-40H,3,10-11,16-19H2,(H,41,42)/t29-/m1/s1. The van der Waals surface area contributed by atoms with Crippen LogP contribution < -0.4 is 19.5 Å². The summed E-state index contributed by atoms with van der Waals surface area (Å²) in [6.07, 6.45) is 0.551. The second-order valence-electron chi connectivity index (χ2n) is 10.2. The van der Waals surface area contributed by atoms with Gasteiger partial charge in [0.1, 0.15) is 47.5 Å². The minimum Gasteiger partial charge on any atom is -0.493 e. The van der Waals surface area contributed by atoms with Crippen LogP contribution in [0.25, 0.3) is 22.2 Å². The summed E-state index contributed by atoms with van der Waals surface area (Å²) in [7, 11) is 0. The molecule has 1 heterocycles. The summed E-state index contributed by atoms with van der Waals surface area (Å²) in [5.74, 6) is 0.308. The van der Waals surface area contributed by atoms with Gasteiger partial charge in [-0.15, -0.1) is 0 Å². The normalized spacial score (nSPS) is 11.8. The Morgan fingerprint density at radius 1 is 0.913 bits per heavy atom. The van der Waals surface area contributed by atoms with Gasteiger partial charge >= 0.3 is 5.97 Å². The number of nitrogens with one attached hydrogen (secondary N) is 1. The second kappa shape index (κ2) is 15.9. The van der Waals surface area contributed by atoms with Crippen LogP contribution in [0.5, 0.6) is 17.2 Å². The fourth-order valence-corrected chi connectivity index (χ4v) is 5.43. The molecule has 0 aliphatic carbocycles. The van der Waals surface area contributed by atoms with E-state index in [0.717, 1.165) is 26.7 Å². The number of rotatable bonds is 16. The van der Waals surface area contributed by atoms with E-state index >= 15 is 0 Å². The predicted octanol–water partition coefficient (Wildman–Crippen LogP) is 5.76. The maximum Gasteiger partial charge on any atom is 0.323 e. The molecule has 0 saturated heterocycles. The van der Waals surface area contributed by atoms with Crippen molar-refractivity contribution in [2.24, 2.45) is 0 Å². The van der Waals surface area contributed by atoms with Gasteiger partial charge in [0.05, 0.1) is 18.2 Å². The average Bonchev–Trinajstić information content (AvgIpc) is 3.53. The van der Waals surface area contributed by atoms with Crippen molar-refractivity contribution in [3.8, 4) is 28.4 Å². The molecule has 1 aromatic heterocycles. The van der Waals surface area contributed by atoms with Crippen molar-refractivity contribution < 1.29 is 39.0 Å². The Labute approximate surface area is 277 Å². The van der Waals surface area contributed by atoms with Crippen LogP contribution in [0, 0.1) is 0 Å². The molecule has 46 heavy (non-hydrogen) atoms. The van der Waals surface area contributed by atoms with Crippen LogP contribution in [0.4, 0.5) is 0 Å². The maximum absolute atomic E-state index is 11.4. The Morgan fingerprint density at radius 3 is 2.52 bits per heavy atom. The summed E-state index contributed by atoms with van der Waals surface area (Å²) in [6.45, 7) is 0.315. The van der Waals surface area contributed by atoms with Crippen molar-refractivity contribution in [3.05, 3.63) is 99.0 Å². The van der Waals surface area contributed by atoms with Crippen LogP contribution in [0.1, 0.15) is 23.1 Å². The number of aliphatic carboxylic acids is 1. The first-order valence-corrected chi connectivity index (χ1v) is 15.5. The second-order valence-corrected chi connectivity index (χ2v) is 11.4. The van der Waals surface area contributed by atoms with Gasteiger partial charge in [-0.3, -0.25) is 10.1 Å². The summed E-state index contributed by atoms with van der Waals surface area (Å²) in [5.41, 5.74) is 5.35. The number of ether oxygens (including phenoxy) is 3. The number of fused-ring (bicyclic) bond motifs is 1. The summed E-state index contributed by atoms with van der Waals surface area (Å²) in [6, 6.07) is 21.1. The Morgan fingerprint density at radius 2 is 1.72 bits per heavy atom. The number of nitrogens with zero attached hydrogens (tertiary/aromatic N) is 2. The van der Waals surface area contributed by atoms with E-state index in [1.54, 1.807) is 24.3 Å². The molecule has 0 amide bonds. The quantitative estimate of drug-likeness (QED) is 0.0923. The summed E-state index contributed by atoms with van der Waals surface area (Å²) in [4.78, 5) is 11.4. The van der Waals surface area contributed by atoms with Gasteiger partial charge in [0.2, 0.25) is 0 Å². The SMILES string of the molecule is O=C(O)[C@@H](CO)NCc1cc(Cl)c(OCc2cccc(-c3cccc(OCCCO)c3)c2Br)cc1OCc1ccc2nonc2c1. The van der Waals surface area contributed by atoms with E-state index in [2.05, 4.69) is 31.6 Å². The third-order valence-corrected chi connectivity index (χ3v) is 8.26. The third kappa shape index (κ3) is 8.33. The molecule has 13 heteroatoms. The molecule has 11 nitrogen and oxygen atoms in total. The zero-order chi connectivity index (χ0) is 32.5. The first-order valence-electron chi connectivity index (χ1n) is 14.3. The maximum atomic E-state index is 11.4. The molecule has 0 bridgehead atoms. The van der Waals surface area contributed by atoms with Crippen LogP contribution >= 0.6 is 27.5 Å². The van der Waals surface area contributed by atoms with Crippen molar-refractivity contribution in [2.45, 2.75) is 32.2 Å². The molecule has 0 spiro atoms. The highest BCUT2D eigenvalue weighted by atomic mass is 79.9. The molecule has 0 aliphatic heterocycles. The lowest BCUT2D eigenvalue weighted by atomic mass is 10.0. The van der Waals surface area contributed by atoms with E-state index in [9.17, 15) is 15.0 Å². The molecule has 0 unspecified atom stereocenters. The number of carboxylic acid groups (broad SMARTS) is 1. The van der Waals surface area contributed by atoms with Gasteiger partial charge in [-0.1, -0.05) is 48.0 Å². The average molecular weight is 713 g/mol. The monoisotopic (exact) mass is 711 g/mol. The van der Waals surface area contributed by atoms with Gasteiger partial charge in [0.15, 0.2) is 0 Å². The summed E-state index contributed by atoms with van der Waals surface area (Å²) >= 11 is 10.4. The van der Waals surface area contributed by atoms with E-state index in [1.807, 2.05) is 48.5 Å². The van der Waals surface area contributed by atoms with Crippen LogP contribution in [0.3, 0.4) is 0 Å². The number of aliphatic hydroxyl groups excluding tert-OH is 2. The summed E-state index contributed by atoms with van der Waals surface area (Å²) in [5, 5.41) is 38.7. The van der Waals surface area contributed by atoms with Crippen molar-refractivity contribution in [3.63, 3.8) is 0 Å². The highest BCUT2D eigenvalue weighted by Crippen LogP contribution is 2.37. The van der Waals surface area contributed by atoms with Crippen molar-refractivity contribution in [1.29, 1.82) is 0 Å². The number of carboxylic acids is 1. The van der Waals surface area contributed by atoms with E-state index in [1.165, 1.54) is 0 Å². The molecular formula is C33H31BrClN3O8. The smallest absolute Gasteiger partial charge is 0.323 e. The Balaban J connectivity index is 1.36. The van der Waals surface area contributed by atoms with Crippen LogP contribution in [-0.2, 0) is 24.6 Å². The first-order chi connectivity index (χ1) is 22.4.